The van der Waals surface area contributed by atoms with E-state index < -0.39 is 15.9 Å². The molecular formula is C20H26N2O5S. The second-order valence-corrected chi connectivity index (χ2v) is 8.35. The second kappa shape index (κ2) is 9.45. The normalized spacial score (nSPS) is 11.2. The number of benzene rings is 2. The van der Waals surface area contributed by atoms with E-state index in [9.17, 15) is 13.2 Å². The number of hydrogen-bond acceptors (Lipinski definition) is 5. The number of sulfonamides is 1. The van der Waals surface area contributed by atoms with E-state index in [1.807, 2.05) is 20.8 Å². The Hall–Kier alpha value is -2.74. The van der Waals surface area contributed by atoms with E-state index in [1.165, 1.54) is 0 Å². The van der Waals surface area contributed by atoms with E-state index in [-0.39, 0.29) is 12.6 Å². The number of rotatable bonds is 9. The fourth-order valence-corrected chi connectivity index (χ4v) is 3.36. The number of carbonyl (C=O) groups excluding carboxylic acids is 1. The van der Waals surface area contributed by atoms with E-state index >= 15 is 0 Å². The molecule has 2 rings (SSSR count). The zero-order chi connectivity index (χ0) is 20.7. The lowest BCUT2D eigenvalue weighted by molar-refractivity contribution is -0.114. The fraction of sp³-hybridized carbons (Fsp3) is 0.350. The summed E-state index contributed by atoms with van der Waals surface area (Å²) in [4.78, 5) is 12.4. The molecule has 1 N–H and O–H groups in total. The van der Waals surface area contributed by atoms with Gasteiger partial charge in [-0.1, -0.05) is 6.07 Å². The molecule has 0 radical (unpaired) electrons. The summed E-state index contributed by atoms with van der Waals surface area (Å²) in [6.45, 7) is 5.85. The second-order valence-electron chi connectivity index (χ2n) is 6.44. The number of anilines is 2. The molecule has 28 heavy (non-hydrogen) atoms. The highest BCUT2D eigenvalue weighted by Crippen LogP contribution is 2.24. The van der Waals surface area contributed by atoms with E-state index in [4.69, 9.17) is 9.47 Å². The number of amides is 1. The van der Waals surface area contributed by atoms with Gasteiger partial charge in [0.2, 0.25) is 15.9 Å². The number of hydrogen-bond donors (Lipinski definition) is 1. The molecule has 8 heteroatoms. The zero-order valence-corrected chi connectivity index (χ0v) is 17.3. The van der Waals surface area contributed by atoms with Gasteiger partial charge >= 0.3 is 0 Å². The average molecular weight is 407 g/mol. The highest BCUT2D eigenvalue weighted by molar-refractivity contribution is 7.92. The van der Waals surface area contributed by atoms with Gasteiger partial charge in [-0.3, -0.25) is 9.10 Å². The standard InChI is InChI=1S/C20H26N2O5S/c1-5-26-18-11-9-16(10-12-18)21-20(23)14-22(28(4,24)25)17-7-6-8-19(13-17)27-15(2)3/h6-13,15H,5,14H2,1-4H3,(H,21,23). The highest BCUT2D eigenvalue weighted by atomic mass is 32.2. The summed E-state index contributed by atoms with van der Waals surface area (Å²) in [6, 6.07) is 13.5. The summed E-state index contributed by atoms with van der Waals surface area (Å²) < 4.78 is 36.5. The summed E-state index contributed by atoms with van der Waals surface area (Å²) in [5, 5.41) is 2.70. The summed E-state index contributed by atoms with van der Waals surface area (Å²) in [6.07, 6.45) is 1.01. The molecule has 0 heterocycles. The van der Waals surface area contributed by atoms with Crippen LogP contribution in [-0.4, -0.2) is 39.8 Å². The first kappa shape index (κ1) is 21.6. The van der Waals surface area contributed by atoms with Crippen LogP contribution in [0.5, 0.6) is 11.5 Å². The number of ether oxygens (including phenoxy) is 2. The molecule has 0 saturated carbocycles. The van der Waals surface area contributed by atoms with Crippen molar-refractivity contribution in [3.8, 4) is 11.5 Å². The van der Waals surface area contributed by atoms with Crippen molar-refractivity contribution in [3.05, 3.63) is 48.5 Å². The molecule has 2 aromatic rings. The minimum Gasteiger partial charge on any atom is -0.494 e. The highest BCUT2D eigenvalue weighted by Gasteiger charge is 2.21. The van der Waals surface area contributed by atoms with Crippen molar-refractivity contribution >= 4 is 27.3 Å². The van der Waals surface area contributed by atoms with Crippen LogP contribution in [0.25, 0.3) is 0 Å². The first-order valence-corrected chi connectivity index (χ1v) is 10.8. The smallest absolute Gasteiger partial charge is 0.245 e. The van der Waals surface area contributed by atoms with Crippen molar-refractivity contribution in [1.82, 2.24) is 0 Å². The molecule has 0 unspecified atom stereocenters. The van der Waals surface area contributed by atoms with Gasteiger partial charge in [-0.15, -0.1) is 0 Å². The fourth-order valence-electron chi connectivity index (χ4n) is 2.52. The predicted molar refractivity (Wildman–Crippen MR) is 111 cm³/mol. The predicted octanol–water partition coefficient (Wildman–Crippen LogP) is 3.28. The van der Waals surface area contributed by atoms with Crippen LogP contribution in [0.1, 0.15) is 20.8 Å². The maximum atomic E-state index is 12.4. The summed E-state index contributed by atoms with van der Waals surface area (Å²) in [5.41, 5.74) is 0.918. The van der Waals surface area contributed by atoms with Crippen molar-refractivity contribution in [3.63, 3.8) is 0 Å². The molecule has 0 aliphatic carbocycles. The lowest BCUT2D eigenvalue weighted by atomic mass is 10.3. The molecule has 0 saturated heterocycles. The zero-order valence-electron chi connectivity index (χ0n) is 16.5. The van der Waals surface area contributed by atoms with Crippen molar-refractivity contribution in [1.29, 1.82) is 0 Å². The third kappa shape index (κ3) is 6.45. The van der Waals surface area contributed by atoms with Crippen LogP contribution in [0.15, 0.2) is 48.5 Å². The van der Waals surface area contributed by atoms with Crippen LogP contribution in [0.2, 0.25) is 0 Å². The first-order chi connectivity index (χ1) is 13.2. The lowest BCUT2D eigenvalue weighted by Crippen LogP contribution is -2.37. The van der Waals surface area contributed by atoms with Crippen molar-refractivity contribution in [2.24, 2.45) is 0 Å². The maximum absolute atomic E-state index is 12.4. The largest absolute Gasteiger partial charge is 0.494 e. The van der Waals surface area contributed by atoms with Crippen molar-refractivity contribution in [2.45, 2.75) is 26.9 Å². The van der Waals surface area contributed by atoms with Crippen LogP contribution in [0.3, 0.4) is 0 Å². The molecule has 0 bridgehead atoms. The minimum absolute atomic E-state index is 0.0510. The lowest BCUT2D eigenvalue weighted by Gasteiger charge is -2.22. The Morgan fingerprint density at radius 3 is 2.36 bits per heavy atom. The third-order valence-corrected chi connectivity index (χ3v) is 4.75. The summed E-state index contributed by atoms with van der Waals surface area (Å²) >= 11 is 0. The number of nitrogens with zero attached hydrogens (tertiary/aromatic N) is 1. The van der Waals surface area contributed by atoms with Gasteiger partial charge in [0.15, 0.2) is 0 Å². The topological polar surface area (TPSA) is 84.9 Å². The van der Waals surface area contributed by atoms with Crippen LogP contribution < -0.4 is 19.1 Å². The minimum atomic E-state index is -3.67. The Morgan fingerprint density at radius 2 is 1.79 bits per heavy atom. The molecule has 0 atom stereocenters. The van der Waals surface area contributed by atoms with Crippen molar-refractivity contribution in [2.75, 3.05) is 29.0 Å². The Balaban J connectivity index is 2.15. The molecule has 0 aliphatic rings. The van der Waals surface area contributed by atoms with Crippen LogP contribution >= 0.6 is 0 Å². The van der Waals surface area contributed by atoms with Gasteiger partial charge in [0, 0.05) is 11.8 Å². The Labute approximate surface area is 166 Å². The van der Waals surface area contributed by atoms with E-state index in [2.05, 4.69) is 5.32 Å². The van der Waals surface area contributed by atoms with Gasteiger partial charge < -0.3 is 14.8 Å². The Bertz CT molecular complexity index is 895. The number of nitrogens with one attached hydrogen (secondary N) is 1. The molecular weight excluding hydrogens is 380 g/mol. The third-order valence-electron chi connectivity index (χ3n) is 3.61. The number of carbonyl (C=O) groups is 1. The molecule has 0 aromatic heterocycles. The molecule has 0 spiro atoms. The van der Waals surface area contributed by atoms with Crippen LogP contribution in [-0.2, 0) is 14.8 Å². The van der Waals surface area contributed by atoms with Crippen LogP contribution in [0, 0.1) is 0 Å². The quantitative estimate of drug-likeness (QED) is 0.691. The van der Waals surface area contributed by atoms with Gasteiger partial charge in [-0.25, -0.2) is 8.42 Å². The molecule has 2 aromatic carbocycles. The van der Waals surface area contributed by atoms with Crippen LogP contribution in [0.4, 0.5) is 11.4 Å². The molecule has 152 valence electrons. The molecule has 7 nitrogen and oxygen atoms in total. The van der Waals surface area contributed by atoms with E-state index in [1.54, 1.807) is 48.5 Å². The molecule has 0 aliphatic heterocycles. The maximum Gasteiger partial charge on any atom is 0.245 e. The SMILES string of the molecule is CCOc1ccc(NC(=O)CN(c2cccc(OC(C)C)c2)S(C)(=O)=O)cc1. The summed E-state index contributed by atoms with van der Waals surface area (Å²) in [5.74, 6) is 0.776. The van der Waals surface area contributed by atoms with Gasteiger partial charge in [0.25, 0.3) is 0 Å². The summed E-state index contributed by atoms with van der Waals surface area (Å²) in [7, 11) is -3.67. The van der Waals surface area contributed by atoms with Gasteiger partial charge in [-0.2, -0.15) is 0 Å². The monoisotopic (exact) mass is 406 g/mol. The van der Waals surface area contributed by atoms with Gasteiger partial charge in [-0.05, 0) is 57.2 Å². The Kier molecular flexibility index (Phi) is 7.28. The first-order valence-electron chi connectivity index (χ1n) is 8.96. The van der Waals surface area contributed by atoms with E-state index in [0.29, 0.717) is 29.5 Å². The van der Waals surface area contributed by atoms with Gasteiger partial charge in [0.1, 0.15) is 18.0 Å². The van der Waals surface area contributed by atoms with Crippen molar-refractivity contribution < 1.29 is 22.7 Å². The Morgan fingerprint density at radius 1 is 1.11 bits per heavy atom. The molecule has 0 fully saturated rings. The van der Waals surface area contributed by atoms with E-state index in [0.717, 1.165) is 10.6 Å². The molecule has 1 amide bonds. The average Bonchev–Trinajstić information content (AvgIpc) is 2.60. The van der Waals surface area contributed by atoms with Gasteiger partial charge in [0.05, 0.1) is 24.7 Å².